The maximum absolute atomic E-state index is 12.2. The Hall–Kier alpha value is -3.89. The molecule has 7 N–H and O–H groups in total. The predicted molar refractivity (Wildman–Crippen MR) is 124 cm³/mol. The Bertz CT molecular complexity index is 1480. The fourth-order valence-electron chi connectivity index (χ4n) is 4.76. The number of carboxylic acids is 3. The van der Waals surface area contributed by atoms with E-state index in [1.54, 1.807) is 0 Å². The van der Waals surface area contributed by atoms with E-state index in [1.807, 2.05) is 0 Å². The molecule has 2 aromatic heterocycles. The number of hydrogen-bond donors (Lipinski definition) is 6. The van der Waals surface area contributed by atoms with E-state index in [4.69, 9.17) is 31.9 Å². The minimum Gasteiger partial charge on any atom is -0.479 e. The molecule has 200 valence electrons. The molecule has 2 aliphatic rings. The van der Waals surface area contributed by atoms with Crippen molar-refractivity contribution in [1.29, 1.82) is 0 Å². The summed E-state index contributed by atoms with van der Waals surface area (Å²) in [5.74, 6) is -5.01. The summed E-state index contributed by atoms with van der Waals surface area (Å²) >= 11 is 5.88. The van der Waals surface area contributed by atoms with Crippen molar-refractivity contribution in [3.8, 4) is 0 Å². The van der Waals surface area contributed by atoms with Crippen LogP contribution in [0.5, 0.6) is 0 Å². The molecule has 1 unspecified atom stereocenters. The molecule has 15 nitrogen and oxygen atoms in total. The molecule has 1 aliphatic heterocycles. The van der Waals surface area contributed by atoms with Gasteiger partial charge in [-0.05, 0) is 36.2 Å². The highest BCUT2D eigenvalue weighted by atomic mass is 35.5. The third-order valence-electron chi connectivity index (χ3n) is 6.95. The number of ether oxygens (including phenoxy) is 2. The topological polar surface area (TPSA) is 240 Å². The van der Waals surface area contributed by atoms with Gasteiger partial charge in [0, 0.05) is 6.42 Å². The summed E-state index contributed by atoms with van der Waals surface area (Å²) in [6.45, 7) is 1.20. The summed E-state index contributed by atoms with van der Waals surface area (Å²) in [6, 6.07) is 4.87. The number of nitrogen functional groups attached to an aromatic ring is 1. The van der Waals surface area contributed by atoms with E-state index in [0.717, 1.165) is 0 Å². The molecule has 1 aliphatic carbocycles. The summed E-state index contributed by atoms with van der Waals surface area (Å²) in [5.41, 5.74) is -1.18. The molecule has 1 saturated carbocycles. The zero-order valence-corrected chi connectivity index (χ0v) is 20.1. The fraction of sp³-hybridized carbons (Fsp3) is 0.364. The van der Waals surface area contributed by atoms with Crippen molar-refractivity contribution in [1.82, 2.24) is 19.5 Å². The van der Waals surface area contributed by atoms with Gasteiger partial charge in [0.15, 0.2) is 23.3 Å². The van der Waals surface area contributed by atoms with Gasteiger partial charge in [-0.3, -0.25) is 4.57 Å². The Morgan fingerprint density at radius 1 is 1.16 bits per heavy atom. The average molecular weight is 550 g/mol. The minimum absolute atomic E-state index is 0.0365. The zero-order chi connectivity index (χ0) is 27.8. The van der Waals surface area contributed by atoms with E-state index in [0.29, 0.717) is 0 Å². The number of aromatic nitrogens is 4. The number of rotatable bonds is 8. The van der Waals surface area contributed by atoms with Crippen LogP contribution >= 0.6 is 11.6 Å². The number of benzene rings is 1. The monoisotopic (exact) mass is 549 g/mol. The molecule has 16 heteroatoms. The lowest BCUT2D eigenvalue weighted by atomic mass is 9.92. The molecule has 38 heavy (non-hydrogen) atoms. The third kappa shape index (κ3) is 3.51. The molecule has 5 atom stereocenters. The van der Waals surface area contributed by atoms with Gasteiger partial charge < -0.3 is 40.7 Å². The van der Waals surface area contributed by atoms with Crippen LogP contribution in [0, 0.1) is 0 Å². The normalized spacial score (nSPS) is 28.3. The van der Waals surface area contributed by atoms with E-state index < -0.39 is 59.6 Å². The van der Waals surface area contributed by atoms with Crippen molar-refractivity contribution in [3.63, 3.8) is 0 Å². The molecule has 0 amide bonds. The first-order valence-corrected chi connectivity index (χ1v) is 11.3. The van der Waals surface area contributed by atoms with Crippen LogP contribution in [0.25, 0.3) is 11.2 Å². The Morgan fingerprint density at radius 2 is 1.79 bits per heavy atom. The molecule has 3 aromatic rings. The highest BCUT2D eigenvalue weighted by Crippen LogP contribution is 2.62. The van der Waals surface area contributed by atoms with Crippen molar-refractivity contribution in [2.45, 2.75) is 48.6 Å². The number of anilines is 1. The van der Waals surface area contributed by atoms with Crippen LogP contribution in [0.1, 0.15) is 29.1 Å². The lowest BCUT2D eigenvalue weighted by Gasteiger charge is -2.35. The standard InChI is InChI=1S/C22H20ClN5O10/c1-20(35)16(28-7-25-10-13(24)26-19(23)27-14(10)28)37-11-12(22(11,20)36)38-21(17(31)32,18(33)34)6-8-2-4-9(5-3-8)15(29)30/h2-5,7,11-12,16,35-36H,6H2,1H3,(H,29,30)(H,31,32)(H,33,34)(H2,24,26,27)/t11-,12?,16-,20+,22+/m1/s1. The first-order valence-electron chi connectivity index (χ1n) is 11.0. The Kier molecular flexibility index (Phi) is 5.63. The van der Waals surface area contributed by atoms with E-state index in [9.17, 15) is 34.8 Å². The van der Waals surface area contributed by atoms with Crippen LogP contribution in [0.2, 0.25) is 5.28 Å². The highest BCUT2D eigenvalue weighted by molar-refractivity contribution is 6.28. The maximum atomic E-state index is 12.2. The third-order valence-corrected chi connectivity index (χ3v) is 7.12. The number of aliphatic carboxylic acids is 2. The molecule has 2 fully saturated rings. The number of hydrogen-bond acceptors (Lipinski definition) is 11. The van der Waals surface area contributed by atoms with Crippen molar-refractivity contribution in [2.75, 3.05) is 5.73 Å². The van der Waals surface area contributed by atoms with Gasteiger partial charge in [-0.1, -0.05) is 12.1 Å². The lowest BCUT2D eigenvalue weighted by molar-refractivity contribution is -0.208. The second kappa shape index (κ2) is 8.31. The molecule has 1 saturated heterocycles. The number of nitrogens with zero attached hydrogens (tertiary/aromatic N) is 4. The fourth-order valence-corrected chi connectivity index (χ4v) is 4.93. The van der Waals surface area contributed by atoms with Gasteiger partial charge in [-0.2, -0.15) is 9.97 Å². The van der Waals surface area contributed by atoms with Gasteiger partial charge in [0.1, 0.15) is 23.3 Å². The van der Waals surface area contributed by atoms with Crippen LogP contribution in [-0.2, 0) is 25.5 Å². The molecule has 3 heterocycles. The van der Waals surface area contributed by atoms with E-state index >= 15 is 0 Å². The van der Waals surface area contributed by atoms with Crippen LogP contribution in [0.3, 0.4) is 0 Å². The number of fused-ring (bicyclic) bond motifs is 2. The molecule has 0 spiro atoms. The number of carbonyl (C=O) groups is 3. The van der Waals surface area contributed by atoms with Gasteiger partial charge in [-0.25, -0.2) is 19.4 Å². The molecule has 5 rings (SSSR count). The molecular formula is C22H20ClN5O10. The number of nitrogens with two attached hydrogens (primary N) is 1. The molecule has 0 radical (unpaired) electrons. The summed E-state index contributed by atoms with van der Waals surface area (Å²) in [7, 11) is 0. The molecule has 1 aromatic carbocycles. The van der Waals surface area contributed by atoms with Crippen LogP contribution in [0.15, 0.2) is 30.6 Å². The average Bonchev–Trinajstić information content (AvgIpc) is 3.09. The second-order valence-electron chi connectivity index (χ2n) is 9.24. The van der Waals surface area contributed by atoms with Gasteiger partial charge in [0.25, 0.3) is 5.60 Å². The Labute approximate surface area is 217 Å². The van der Waals surface area contributed by atoms with Crippen LogP contribution in [-0.4, -0.2) is 92.0 Å². The Morgan fingerprint density at radius 3 is 2.32 bits per heavy atom. The summed E-state index contributed by atoms with van der Waals surface area (Å²) in [5, 5.41) is 51.3. The van der Waals surface area contributed by atoms with Gasteiger partial charge >= 0.3 is 17.9 Å². The first-order chi connectivity index (χ1) is 17.7. The largest absolute Gasteiger partial charge is 0.479 e. The number of carboxylic acid groups (broad SMARTS) is 3. The van der Waals surface area contributed by atoms with Gasteiger partial charge in [0.05, 0.1) is 11.9 Å². The maximum Gasteiger partial charge on any atom is 0.348 e. The van der Waals surface area contributed by atoms with Crippen LogP contribution in [0.4, 0.5) is 5.82 Å². The smallest absolute Gasteiger partial charge is 0.348 e. The van der Waals surface area contributed by atoms with E-state index in [1.165, 1.54) is 42.1 Å². The SMILES string of the molecule is C[C@]1(O)[C@H](n2cnc3c(N)nc(Cl)nc32)O[C@@H]2C(OC(Cc3ccc(C(=O)O)cc3)(C(=O)O)C(=O)O)[C@@]21O. The van der Waals surface area contributed by atoms with Crippen molar-refractivity contribution in [3.05, 3.63) is 47.0 Å². The lowest BCUT2D eigenvalue weighted by Crippen LogP contribution is -2.55. The Balaban J connectivity index is 1.44. The number of halogens is 1. The van der Waals surface area contributed by atoms with E-state index in [2.05, 4.69) is 15.0 Å². The van der Waals surface area contributed by atoms with Gasteiger partial charge in [-0.15, -0.1) is 0 Å². The summed E-state index contributed by atoms with van der Waals surface area (Å²) in [4.78, 5) is 47.4. The van der Waals surface area contributed by atoms with Crippen LogP contribution < -0.4 is 5.73 Å². The quantitative estimate of drug-likeness (QED) is 0.156. The van der Waals surface area contributed by atoms with Gasteiger partial charge in [0.2, 0.25) is 5.28 Å². The highest BCUT2D eigenvalue weighted by Gasteiger charge is 2.84. The molecule has 0 bridgehead atoms. The van der Waals surface area contributed by atoms with Crippen molar-refractivity contribution in [2.24, 2.45) is 0 Å². The number of imidazole rings is 1. The first kappa shape index (κ1) is 25.7. The molecular weight excluding hydrogens is 530 g/mol. The number of aliphatic hydroxyl groups is 2. The van der Waals surface area contributed by atoms with E-state index in [-0.39, 0.29) is 33.4 Å². The number of aromatic carboxylic acids is 1. The minimum atomic E-state index is -2.90. The summed E-state index contributed by atoms with van der Waals surface area (Å²) in [6.07, 6.45) is -3.70. The summed E-state index contributed by atoms with van der Waals surface area (Å²) < 4.78 is 12.6. The van der Waals surface area contributed by atoms with Crippen molar-refractivity contribution >= 4 is 46.5 Å². The second-order valence-corrected chi connectivity index (χ2v) is 9.58. The predicted octanol–water partition coefficient (Wildman–Crippen LogP) is -0.311. The van der Waals surface area contributed by atoms with Crippen molar-refractivity contribution < 1.29 is 49.4 Å². The zero-order valence-electron chi connectivity index (χ0n) is 19.3.